The average molecular weight is 955 g/mol. The minimum absolute atomic E-state index is 0.000576. The van der Waals surface area contributed by atoms with Gasteiger partial charge in [0.1, 0.15) is 17.6 Å². The number of benzene rings is 1. The molecule has 2 amide bonds. The lowest BCUT2D eigenvalue weighted by atomic mass is 9.79. The van der Waals surface area contributed by atoms with Crippen LogP contribution in [0.3, 0.4) is 0 Å². The van der Waals surface area contributed by atoms with Gasteiger partial charge in [-0.1, -0.05) is 32.4 Å². The molecule has 14 nitrogen and oxygen atoms in total. The maximum Gasteiger partial charge on any atom is 0.427 e. The summed E-state index contributed by atoms with van der Waals surface area (Å²) in [6, 6.07) is 9.45. The molecule has 7 atom stereocenters. The number of halogens is 3. The minimum atomic E-state index is -4.89. The van der Waals surface area contributed by atoms with Crippen LogP contribution in [0.2, 0.25) is 0 Å². The molecule has 3 aromatic rings. The Morgan fingerprint density at radius 3 is 2.39 bits per heavy atom. The number of pyridine rings is 2. The number of hydrogen-bond acceptors (Lipinski definition) is 12. The summed E-state index contributed by atoms with van der Waals surface area (Å²) in [6.45, 7) is 8.96. The largest absolute Gasteiger partial charge is 0.497 e. The monoisotopic (exact) mass is 954 g/mol. The summed E-state index contributed by atoms with van der Waals surface area (Å²) >= 11 is 0. The van der Waals surface area contributed by atoms with Gasteiger partial charge in [-0.15, -0.1) is 0 Å². The zero-order valence-corrected chi connectivity index (χ0v) is 39.9. The number of allylic oxidation sites excluding steroid dienone is 2. The molecule has 1 N–H and O–H groups in total. The highest BCUT2D eigenvalue weighted by Crippen LogP contribution is 2.57. The van der Waals surface area contributed by atoms with Crippen molar-refractivity contribution in [1.29, 1.82) is 0 Å². The van der Waals surface area contributed by atoms with E-state index >= 15 is 4.79 Å². The predicted molar refractivity (Wildman–Crippen MR) is 242 cm³/mol. The van der Waals surface area contributed by atoms with E-state index in [1.165, 1.54) is 12.0 Å². The summed E-state index contributed by atoms with van der Waals surface area (Å²) < 4.78 is 93.3. The molecular formula is C49H61F3N4O10S. The molecule has 18 heteroatoms. The van der Waals surface area contributed by atoms with E-state index in [2.05, 4.69) is 9.71 Å². The molecule has 67 heavy (non-hydrogen) atoms. The lowest BCUT2D eigenvalue weighted by Crippen LogP contribution is -2.48. The summed E-state index contributed by atoms with van der Waals surface area (Å²) in [4.78, 5) is 68.5. The molecule has 364 valence electrons. The van der Waals surface area contributed by atoms with E-state index in [0.29, 0.717) is 72.2 Å². The summed E-state index contributed by atoms with van der Waals surface area (Å²) in [5, 5.41) is 0.585. The fourth-order valence-electron chi connectivity index (χ4n) is 9.39. The molecular weight excluding hydrogens is 894 g/mol. The Kier molecular flexibility index (Phi) is 14.4. The van der Waals surface area contributed by atoms with E-state index in [0.717, 1.165) is 13.8 Å². The van der Waals surface area contributed by atoms with Crippen molar-refractivity contribution in [3.63, 3.8) is 0 Å². The van der Waals surface area contributed by atoms with Gasteiger partial charge in [0.15, 0.2) is 5.78 Å². The van der Waals surface area contributed by atoms with E-state index < -0.39 is 98.8 Å². The van der Waals surface area contributed by atoms with Crippen molar-refractivity contribution in [3.05, 3.63) is 54.7 Å². The number of carbonyl (C=O) groups excluding carboxylic acids is 4. The number of Topliss-reactive ketones (excluding diaryl/α,β-unsaturated/α-hetero) is 1. The molecule has 3 fully saturated rings. The number of esters is 1. The van der Waals surface area contributed by atoms with Crippen molar-refractivity contribution in [2.75, 3.05) is 13.7 Å². The van der Waals surface area contributed by atoms with Crippen molar-refractivity contribution < 1.29 is 59.7 Å². The van der Waals surface area contributed by atoms with Gasteiger partial charge >= 0.3 is 12.1 Å². The first-order valence-corrected chi connectivity index (χ1v) is 24.7. The van der Waals surface area contributed by atoms with Crippen molar-refractivity contribution in [3.8, 4) is 28.8 Å². The Bertz CT molecular complexity index is 2490. The molecule has 1 saturated heterocycles. The molecule has 0 unspecified atom stereocenters. The van der Waals surface area contributed by atoms with E-state index in [-0.39, 0.29) is 37.3 Å². The highest BCUT2D eigenvalue weighted by atomic mass is 32.2. The Labute approximate surface area is 389 Å². The van der Waals surface area contributed by atoms with Gasteiger partial charge in [-0.2, -0.15) is 13.2 Å². The fourth-order valence-corrected chi connectivity index (χ4v) is 10.8. The van der Waals surface area contributed by atoms with Crippen LogP contribution >= 0.6 is 0 Å². The van der Waals surface area contributed by atoms with Crippen molar-refractivity contribution in [2.45, 2.75) is 141 Å². The minimum Gasteiger partial charge on any atom is -0.497 e. The number of carbonyl (C=O) groups is 4. The number of aromatic nitrogens is 2. The van der Waals surface area contributed by atoms with Gasteiger partial charge in [0, 0.05) is 18.2 Å². The summed E-state index contributed by atoms with van der Waals surface area (Å²) in [6.07, 6.45) is 1.52. The number of fused-ring (bicyclic) bond motifs is 3. The Morgan fingerprint density at radius 1 is 1.01 bits per heavy atom. The fraction of sp³-hybridized carbons (Fsp3) is 0.592. The van der Waals surface area contributed by atoms with Crippen molar-refractivity contribution in [2.24, 2.45) is 29.1 Å². The van der Waals surface area contributed by atoms with Crippen LogP contribution in [0.15, 0.2) is 54.7 Å². The first-order chi connectivity index (χ1) is 31.5. The highest BCUT2D eigenvalue weighted by Gasteiger charge is 2.62. The van der Waals surface area contributed by atoms with Crippen LogP contribution in [-0.4, -0.2) is 95.8 Å². The Morgan fingerprint density at radius 2 is 1.75 bits per heavy atom. The molecule has 4 aliphatic rings. The molecule has 0 bridgehead atoms. The predicted octanol–water partition coefficient (Wildman–Crippen LogP) is 8.31. The second kappa shape index (κ2) is 19.4. The Balaban J connectivity index is 1.27. The molecule has 7 rings (SSSR count). The number of methoxy groups -OCH3 is 1. The van der Waals surface area contributed by atoms with Gasteiger partial charge in [0.2, 0.25) is 33.3 Å². The number of sulfonamides is 1. The van der Waals surface area contributed by atoms with Crippen LogP contribution in [0.25, 0.3) is 22.2 Å². The average Bonchev–Trinajstić information content (AvgIpc) is 4.19. The number of ether oxygens (including phenoxy) is 4. The summed E-state index contributed by atoms with van der Waals surface area (Å²) in [5.74, 6) is -3.97. The molecule has 2 saturated carbocycles. The van der Waals surface area contributed by atoms with Gasteiger partial charge in [-0.3, -0.25) is 28.9 Å². The van der Waals surface area contributed by atoms with Crippen molar-refractivity contribution >= 4 is 44.4 Å². The standard InChI is InChI=1S/C49H61F3N4O10S/c1-8-30-19-29(4)11-9-10-12-32-24-48(32,46(60)55-67(61,62)36-15-16-36)25-42(57)41-22-35(27-56(41)45(59)38(30)23-43(58)66-47(5,6)49(50,51)52)65-44-37-17-13-33(63-7)20-31(37)21-40(54-44)39-18-14-34(26-53-39)64-28(2)3/h10,12-14,17-18,20-21,26,28-30,32,35-36,38,41H,8-9,11,15-16,19,22-25,27H2,1-7H3,(H,55,60)/b12-10-/t29-,30-,32-,35-,38+,41+,48-/m1/s1. The maximum atomic E-state index is 15.2. The molecule has 2 aliphatic heterocycles. The van der Waals surface area contributed by atoms with Crippen LogP contribution in [-0.2, 0) is 33.9 Å². The second-order valence-corrected chi connectivity index (χ2v) is 21.5. The van der Waals surface area contributed by atoms with E-state index in [4.69, 9.17) is 23.9 Å². The third kappa shape index (κ3) is 11.2. The van der Waals surface area contributed by atoms with Crippen LogP contribution < -0.4 is 18.9 Å². The number of amides is 2. The number of nitrogens with zero attached hydrogens (tertiary/aromatic N) is 3. The lowest BCUT2D eigenvalue weighted by Gasteiger charge is -2.34. The smallest absolute Gasteiger partial charge is 0.427 e. The van der Waals surface area contributed by atoms with Gasteiger partial charge in [0.25, 0.3) is 0 Å². The third-order valence-corrected chi connectivity index (χ3v) is 15.4. The van der Waals surface area contributed by atoms with Crippen LogP contribution in [0.4, 0.5) is 13.2 Å². The highest BCUT2D eigenvalue weighted by molar-refractivity contribution is 7.90. The molecule has 2 aliphatic carbocycles. The molecule has 2 aromatic heterocycles. The van der Waals surface area contributed by atoms with Gasteiger partial charge < -0.3 is 23.8 Å². The second-order valence-electron chi connectivity index (χ2n) is 19.5. The van der Waals surface area contributed by atoms with E-state index in [9.17, 15) is 36.0 Å². The third-order valence-electron chi connectivity index (χ3n) is 13.6. The van der Waals surface area contributed by atoms with Gasteiger partial charge in [-0.25, -0.2) is 13.4 Å². The first-order valence-electron chi connectivity index (χ1n) is 23.2. The summed E-state index contributed by atoms with van der Waals surface area (Å²) in [7, 11) is -2.43. The van der Waals surface area contributed by atoms with Crippen LogP contribution in [0.5, 0.6) is 17.4 Å². The number of ketones is 1. The zero-order valence-electron chi connectivity index (χ0n) is 39.1. The first kappa shape index (κ1) is 49.6. The molecule has 0 spiro atoms. The van der Waals surface area contributed by atoms with E-state index in [1.54, 1.807) is 36.5 Å². The maximum absolute atomic E-state index is 15.2. The number of hydrogen-bond donors (Lipinski definition) is 1. The lowest BCUT2D eigenvalue weighted by molar-refractivity contribution is -0.257. The molecule has 1 aromatic carbocycles. The SMILES string of the molecule is CC[C@@H]1C[C@H](C)CC/C=C\[C@@H]2C[C@@]2(C(=O)NS(=O)(=O)C2CC2)CC(=O)[C@@H]2C[C@@H](Oc3nc(-c4ccc(OC(C)C)cn4)cc4cc(OC)ccc34)CN2C(=O)[C@H]1CC(=O)OC(C)(C)C(F)(F)F. The van der Waals surface area contributed by atoms with E-state index in [1.807, 2.05) is 45.9 Å². The van der Waals surface area contributed by atoms with Crippen LogP contribution in [0, 0.1) is 29.1 Å². The van der Waals surface area contributed by atoms with Crippen molar-refractivity contribution in [1.82, 2.24) is 19.6 Å². The Hall–Kier alpha value is -5.26. The molecule has 0 radical (unpaired) electrons. The van der Waals surface area contributed by atoms with Gasteiger partial charge in [-0.05, 0) is 126 Å². The summed E-state index contributed by atoms with van der Waals surface area (Å²) in [5.41, 5.74) is -3.30. The molecule has 4 heterocycles. The zero-order chi connectivity index (χ0) is 48.6. The van der Waals surface area contributed by atoms with Gasteiger partial charge in [0.05, 0.1) is 66.4 Å². The van der Waals surface area contributed by atoms with Crippen LogP contribution in [0.1, 0.15) is 106 Å². The topological polar surface area (TPSA) is 180 Å². The number of alkyl halides is 3. The quantitative estimate of drug-likeness (QED) is 0.128. The number of nitrogens with one attached hydrogen (secondary N) is 1. The number of rotatable bonds is 13. The normalized spacial score (nSPS) is 26.8.